The number of aliphatic hydroxyl groups excluding tert-OH is 1. The molecule has 4 aliphatic rings. The minimum Gasteiger partial charge on any atom is -0.472 e. The lowest BCUT2D eigenvalue weighted by molar-refractivity contribution is -0.277. The van der Waals surface area contributed by atoms with E-state index in [4.69, 9.17) is 13.9 Å². The van der Waals surface area contributed by atoms with Crippen LogP contribution >= 0.6 is 0 Å². The van der Waals surface area contributed by atoms with Gasteiger partial charge in [0.05, 0.1) is 37.8 Å². The van der Waals surface area contributed by atoms with Crippen LogP contribution in [0.4, 0.5) is 0 Å². The molecule has 35 heavy (non-hydrogen) atoms. The van der Waals surface area contributed by atoms with Gasteiger partial charge in [-0.15, -0.1) is 0 Å². The highest BCUT2D eigenvalue weighted by Gasteiger charge is 2.74. The van der Waals surface area contributed by atoms with Gasteiger partial charge in [-0.25, -0.2) is 0 Å². The number of rotatable bonds is 3. The maximum absolute atomic E-state index is 13.9. The van der Waals surface area contributed by atoms with Gasteiger partial charge in [-0.05, 0) is 36.7 Å². The van der Waals surface area contributed by atoms with Gasteiger partial charge in [-0.1, -0.05) is 27.7 Å². The van der Waals surface area contributed by atoms with Crippen molar-refractivity contribution < 1.29 is 38.5 Å². The molecular weight excluding hydrogens is 452 g/mol. The molecule has 0 aromatic carbocycles. The molecule has 1 saturated heterocycles. The summed E-state index contributed by atoms with van der Waals surface area (Å²) in [6.45, 7) is 7.69. The van der Waals surface area contributed by atoms with Crippen molar-refractivity contribution in [3.63, 3.8) is 0 Å². The first-order valence-electron chi connectivity index (χ1n) is 12.5. The molecule has 0 radical (unpaired) electrons. The summed E-state index contributed by atoms with van der Waals surface area (Å²) in [6, 6.07) is 1.78. The monoisotopic (exact) mass is 488 g/mol. The van der Waals surface area contributed by atoms with Crippen LogP contribution in [0.25, 0.3) is 0 Å². The molecule has 0 amide bonds. The molecule has 2 heterocycles. The lowest BCUT2D eigenvalue weighted by Crippen LogP contribution is -2.74. The Hall–Kier alpha value is -2.19. The van der Waals surface area contributed by atoms with Crippen molar-refractivity contribution in [2.75, 3.05) is 7.11 Å². The van der Waals surface area contributed by atoms with E-state index in [0.29, 0.717) is 12.8 Å². The fourth-order valence-corrected chi connectivity index (χ4v) is 8.78. The molecule has 3 aliphatic carbocycles. The predicted molar refractivity (Wildman–Crippen MR) is 123 cm³/mol. The number of fused-ring (bicyclic) bond motifs is 6. The zero-order valence-electron chi connectivity index (χ0n) is 21.1. The van der Waals surface area contributed by atoms with E-state index in [1.54, 1.807) is 12.3 Å². The van der Waals surface area contributed by atoms with Crippen LogP contribution in [0.2, 0.25) is 0 Å². The van der Waals surface area contributed by atoms with Gasteiger partial charge in [-0.2, -0.15) is 0 Å². The summed E-state index contributed by atoms with van der Waals surface area (Å²) >= 11 is 0. The first-order valence-corrected chi connectivity index (χ1v) is 12.5. The molecule has 3 saturated carbocycles. The molecule has 1 aromatic rings. The maximum atomic E-state index is 13.9. The highest BCUT2D eigenvalue weighted by molar-refractivity contribution is 5.91. The number of hydrogen-bond acceptors (Lipinski definition) is 8. The average Bonchev–Trinajstić information content (AvgIpc) is 3.33. The van der Waals surface area contributed by atoms with E-state index in [2.05, 4.69) is 0 Å². The van der Waals surface area contributed by atoms with Crippen LogP contribution in [0, 0.1) is 39.9 Å². The molecular formula is C27H36O8. The quantitative estimate of drug-likeness (QED) is 0.622. The van der Waals surface area contributed by atoms with Crippen LogP contribution in [0.15, 0.2) is 23.0 Å². The van der Waals surface area contributed by atoms with E-state index in [0.717, 1.165) is 5.56 Å². The molecule has 8 nitrogen and oxygen atoms in total. The molecule has 9 atom stereocenters. The third-order valence-corrected chi connectivity index (χ3v) is 10.5. The summed E-state index contributed by atoms with van der Waals surface area (Å²) in [5, 5.41) is 24.0. The van der Waals surface area contributed by atoms with Crippen molar-refractivity contribution in [1.82, 2.24) is 0 Å². The Labute approximate surface area is 205 Å². The molecule has 1 aliphatic heterocycles. The van der Waals surface area contributed by atoms with E-state index in [1.807, 2.05) is 27.7 Å². The van der Waals surface area contributed by atoms with Gasteiger partial charge >= 0.3 is 11.9 Å². The molecule has 9 unspecified atom stereocenters. The summed E-state index contributed by atoms with van der Waals surface area (Å²) in [6.07, 6.45) is 2.78. The number of carbonyl (C=O) groups excluding carboxylic acids is 3. The largest absolute Gasteiger partial charge is 0.472 e. The second-order valence-electron chi connectivity index (χ2n) is 12.3. The molecule has 0 spiro atoms. The van der Waals surface area contributed by atoms with Gasteiger partial charge in [0.2, 0.25) is 0 Å². The van der Waals surface area contributed by atoms with E-state index >= 15 is 0 Å². The highest BCUT2D eigenvalue weighted by atomic mass is 16.5. The number of Topliss-reactive ketones (excluding diaryl/α,β-unsaturated/α-hetero) is 1. The summed E-state index contributed by atoms with van der Waals surface area (Å²) < 4.78 is 16.1. The van der Waals surface area contributed by atoms with Crippen LogP contribution in [-0.2, 0) is 23.9 Å². The predicted octanol–water partition coefficient (Wildman–Crippen LogP) is 3.21. The summed E-state index contributed by atoms with van der Waals surface area (Å²) in [4.78, 5) is 39.3. The Morgan fingerprint density at radius 3 is 2.54 bits per heavy atom. The number of ketones is 1. The summed E-state index contributed by atoms with van der Waals surface area (Å²) in [7, 11) is 1.31. The van der Waals surface area contributed by atoms with E-state index in [9.17, 15) is 24.6 Å². The minimum atomic E-state index is -1.38. The van der Waals surface area contributed by atoms with Gasteiger partial charge in [0.15, 0.2) is 0 Å². The maximum Gasteiger partial charge on any atom is 0.306 e. The zero-order valence-corrected chi connectivity index (χ0v) is 21.1. The fourth-order valence-electron chi connectivity index (χ4n) is 8.78. The van der Waals surface area contributed by atoms with Crippen LogP contribution in [0.5, 0.6) is 0 Å². The Bertz CT molecular complexity index is 1050. The standard InChI is InChI=1S/C27H36O8/c1-24(2)17(10-19(28)33-5)26(4)16-6-8-25(3)18(27(16,32)12-15(21(24)30)22(26)31)11-20(29)35-23(25)14-7-9-34-13-14/h7,9,13,15-18,21,23,30,32H,6,8,10-12H2,1-5H3. The molecule has 2 N–H and O–H groups in total. The van der Waals surface area contributed by atoms with Gasteiger partial charge in [-0.3, -0.25) is 14.4 Å². The average molecular weight is 489 g/mol. The van der Waals surface area contributed by atoms with E-state index in [1.165, 1.54) is 13.4 Å². The Morgan fingerprint density at radius 2 is 1.91 bits per heavy atom. The normalized spacial score (nSPS) is 46.3. The highest BCUT2D eigenvalue weighted by Crippen LogP contribution is 2.70. The number of cyclic esters (lactones) is 1. The molecule has 4 fully saturated rings. The van der Waals surface area contributed by atoms with Crippen molar-refractivity contribution in [2.24, 2.45) is 39.9 Å². The smallest absolute Gasteiger partial charge is 0.306 e. The summed E-state index contributed by atoms with van der Waals surface area (Å²) in [5.74, 6) is -3.18. The van der Waals surface area contributed by atoms with Gasteiger partial charge in [0.1, 0.15) is 11.9 Å². The Kier molecular flexibility index (Phi) is 5.36. The third kappa shape index (κ3) is 3.08. The molecule has 5 rings (SSSR count). The van der Waals surface area contributed by atoms with Crippen LogP contribution in [0.3, 0.4) is 0 Å². The zero-order chi connectivity index (χ0) is 25.6. The Morgan fingerprint density at radius 1 is 1.20 bits per heavy atom. The SMILES string of the molecule is COC(=O)CC1C(C)(C)C(O)C2CC3(O)C4CC(=O)OC(c5ccoc5)C4(C)CCC3C1(C)C2=O. The minimum absolute atomic E-state index is 0.0241. The van der Waals surface area contributed by atoms with Gasteiger partial charge in [0.25, 0.3) is 0 Å². The second kappa shape index (κ2) is 7.65. The third-order valence-electron chi connectivity index (χ3n) is 10.5. The fraction of sp³-hybridized carbons (Fsp3) is 0.741. The van der Waals surface area contributed by atoms with Crippen LogP contribution < -0.4 is 0 Å². The first kappa shape index (κ1) is 24.5. The summed E-state index contributed by atoms with van der Waals surface area (Å²) in [5.41, 5.74) is -3.01. The number of furan rings is 1. The number of hydrogen-bond donors (Lipinski definition) is 2. The van der Waals surface area contributed by atoms with Crippen molar-refractivity contribution in [1.29, 1.82) is 0 Å². The molecule has 192 valence electrons. The number of esters is 2. The second-order valence-corrected chi connectivity index (χ2v) is 12.3. The lowest BCUT2D eigenvalue weighted by Gasteiger charge is -2.69. The van der Waals surface area contributed by atoms with E-state index < -0.39 is 69.7 Å². The number of methoxy groups -OCH3 is 1. The van der Waals surface area contributed by atoms with Gasteiger partial charge < -0.3 is 24.1 Å². The topological polar surface area (TPSA) is 123 Å². The van der Waals surface area contributed by atoms with Crippen molar-refractivity contribution in [3.05, 3.63) is 24.2 Å². The Balaban J connectivity index is 1.63. The van der Waals surface area contributed by atoms with E-state index in [-0.39, 0.29) is 25.0 Å². The van der Waals surface area contributed by atoms with Crippen LogP contribution in [-0.4, -0.2) is 46.7 Å². The van der Waals surface area contributed by atoms with Crippen molar-refractivity contribution in [2.45, 2.75) is 77.6 Å². The number of ether oxygens (including phenoxy) is 2. The number of carbonyl (C=O) groups is 3. The van der Waals surface area contributed by atoms with Crippen LogP contribution in [0.1, 0.15) is 71.5 Å². The molecule has 1 aromatic heterocycles. The van der Waals surface area contributed by atoms with Gasteiger partial charge in [0, 0.05) is 40.6 Å². The van der Waals surface area contributed by atoms with Crippen molar-refractivity contribution >= 4 is 17.7 Å². The lowest BCUT2D eigenvalue weighted by atomic mass is 9.36. The first-order chi connectivity index (χ1) is 16.3. The molecule has 2 bridgehead atoms. The van der Waals surface area contributed by atoms with Crippen molar-refractivity contribution in [3.8, 4) is 0 Å². The molecule has 8 heteroatoms. The number of aliphatic hydroxyl groups is 2.